The van der Waals surface area contributed by atoms with E-state index in [4.69, 9.17) is 9.47 Å². The highest BCUT2D eigenvalue weighted by Gasteiger charge is 2.53. The molecule has 2 unspecified atom stereocenters. The van der Waals surface area contributed by atoms with Crippen molar-refractivity contribution in [1.82, 2.24) is 0 Å². The van der Waals surface area contributed by atoms with Crippen LogP contribution in [0.15, 0.2) is 24.3 Å². The molecule has 0 N–H and O–H groups in total. The van der Waals surface area contributed by atoms with Crippen molar-refractivity contribution in [3.8, 4) is 0 Å². The van der Waals surface area contributed by atoms with Gasteiger partial charge in [-0.1, -0.05) is 173 Å². The van der Waals surface area contributed by atoms with Crippen LogP contribution in [-0.2, 0) is 9.47 Å². The van der Waals surface area contributed by atoms with Crippen LogP contribution in [0.25, 0.3) is 0 Å². The minimum absolute atomic E-state index is 0. The fourth-order valence-corrected chi connectivity index (χ4v) is 8.08. The summed E-state index contributed by atoms with van der Waals surface area (Å²) in [5.74, 6) is -0.295. The van der Waals surface area contributed by atoms with Gasteiger partial charge in [0.2, 0.25) is 0 Å². The molecule has 49 heavy (non-hydrogen) atoms. The van der Waals surface area contributed by atoms with Crippen LogP contribution >= 0.6 is 0 Å². The van der Waals surface area contributed by atoms with Crippen LogP contribution in [0.5, 0.6) is 0 Å². The van der Waals surface area contributed by atoms with Gasteiger partial charge in [0.25, 0.3) is 0 Å². The Bertz CT molecular complexity index is 775. The van der Waals surface area contributed by atoms with Crippen LogP contribution in [-0.4, -0.2) is 49.7 Å². The molecule has 0 aromatic rings. The Morgan fingerprint density at radius 1 is 0.469 bits per heavy atom. The van der Waals surface area contributed by atoms with Crippen LogP contribution in [0.1, 0.15) is 219 Å². The Balaban J connectivity index is 0.0000120. The Morgan fingerprint density at radius 2 is 0.796 bits per heavy atom. The number of hydrogen-bond donors (Lipinski definition) is 0. The predicted octanol–water partition coefficient (Wildman–Crippen LogP) is 11.2. The summed E-state index contributed by atoms with van der Waals surface area (Å²) in [5.41, 5.74) is 0. The Morgan fingerprint density at radius 3 is 1.18 bits per heavy atom. The summed E-state index contributed by atoms with van der Waals surface area (Å²) in [4.78, 5) is 0. The van der Waals surface area contributed by atoms with E-state index in [0.717, 1.165) is 23.7 Å². The van der Waals surface area contributed by atoms with E-state index in [1.54, 1.807) is 0 Å². The minimum Gasteiger partial charge on any atom is -1.00 e. The SMILES string of the molecule is CCCCC/C=C\C/C=C\CCCCCCCCC1(CCCCCCCCCCCCCCCCCC)OC2CC([N+](C)(C)C)CC2O1.[Cl-]. The molecule has 2 atom stereocenters. The summed E-state index contributed by atoms with van der Waals surface area (Å²) in [7, 11) is 7.00. The first-order valence-corrected chi connectivity index (χ1v) is 21.9. The average Bonchev–Trinajstić information content (AvgIpc) is 3.61. The van der Waals surface area contributed by atoms with Crippen LogP contribution in [0.4, 0.5) is 0 Å². The van der Waals surface area contributed by atoms with Gasteiger partial charge in [-0.3, -0.25) is 0 Å². The molecule has 1 saturated heterocycles. The van der Waals surface area contributed by atoms with Crippen LogP contribution in [0, 0.1) is 0 Å². The molecular weight excluding hydrogens is 622 g/mol. The van der Waals surface area contributed by atoms with Crippen molar-refractivity contribution in [2.75, 3.05) is 21.1 Å². The van der Waals surface area contributed by atoms with Gasteiger partial charge in [-0.05, 0) is 44.9 Å². The van der Waals surface area contributed by atoms with E-state index >= 15 is 0 Å². The van der Waals surface area contributed by atoms with Gasteiger partial charge in [0.05, 0.1) is 39.4 Å². The fraction of sp³-hybridized carbons (Fsp3) is 0.911. The molecule has 3 nitrogen and oxygen atoms in total. The van der Waals surface area contributed by atoms with E-state index in [0.29, 0.717) is 18.2 Å². The summed E-state index contributed by atoms with van der Waals surface area (Å²) in [6.45, 7) is 4.58. The number of fused-ring (bicyclic) bond motifs is 1. The van der Waals surface area contributed by atoms with E-state index in [-0.39, 0.29) is 18.2 Å². The van der Waals surface area contributed by atoms with Crippen molar-refractivity contribution in [1.29, 1.82) is 0 Å². The second kappa shape index (κ2) is 30.1. The second-order valence-corrected chi connectivity index (χ2v) is 16.9. The lowest BCUT2D eigenvalue weighted by atomic mass is 9.98. The van der Waals surface area contributed by atoms with E-state index in [1.807, 2.05) is 0 Å². The van der Waals surface area contributed by atoms with Crippen molar-refractivity contribution in [3.63, 3.8) is 0 Å². The summed E-state index contributed by atoms with van der Waals surface area (Å²) in [5, 5.41) is 0. The highest BCUT2D eigenvalue weighted by atomic mass is 35.5. The van der Waals surface area contributed by atoms with E-state index < -0.39 is 0 Å². The number of unbranched alkanes of at least 4 members (excludes halogenated alkanes) is 24. The first-order chi connectivity index (χ1) is 23.4. The summed E-state index contributed by atoms with van der Waals surface area (Å²) >= 11 is 0. The van der Waals surface area contributed by atoms with Crippen molar-refractivity contribution in [2.45, 2.75) is 243 Å². The van der Waals surface area contributed by atoms with Gasteiger partial charge in [0.1, 0.15) is 0 Å². The summed E-state index contributed by atoms with van der Waals surface area (Å²) in [6.07, 6.45) is 53.0. The molecule has 1 aliphatic heterocycles. The number of allylic oxidation sites excluding steroid dienone is 4. The van der Waals surface area contributed by atoms with Crippen LogP contribution in [0.2, 0.25) is 0 Å². The molecule has 0 aromatic heterocycles. The zero-order valence-electron chi connectivity index (χ0n) is 33.8. The standard InChI is InChI=1S/C45H86NO2.ClH/c1-6-8-10-12-14-16-18-20-22-24-26-28-30-32-34-36-38-45(47-43-40-42(46(3,4)5)41-44(43)48-45)39-37-35-33-31-29-27-25-23-21-19-17-15-13-11-9-7-2;/h14,16,20,22,42-44H,6-13,15,17-19,21,23-41H2,1-5H3;1H/q+1;/p-1/b16-14-,22-20-;. The van der Waals surface area contributed by atoms with Crippen molar-refractivity contribution in [2.24, 2.45) is 0 Å². The number of quaternary nitrogens is 1. The molecule has 4 heteroatoms. The smallest absolute Gasteiger partial charge is 0.169 e. The third-order valence-corrected chi connectivity index (χ3v) is 11.4. The highest BCUT2D eigenvalue weighted by Crippen LogP contribution is 2.45. The molecule has 1 saturated carbocycles. The molecule has 0 aromatic carbocycles. The topological polar surface area (TPSA) is 18.5 Å². The van der Waals surface area contributed by atoms with E-state index in [1.165, 1.54) is 186 Å². The molecule has 290 valence electrons. The molecule has 1 heterocycles. The zero-order valence-corrected chi connectivity index (χ0v) is 34.6. The molecule has 2 fully saturated rings. The second-order valence-electron chi connectivity index (χ2n) is 16.9. The molecule has 0 radical (unpaired) electrons. The molecule has 0 spiro atoms. The number of hydrogen-bond acceptors (Lipinski definition) is 2. The maximum Gasteiger partial charge on any atom is 0.169 e. The molecular formula is C45H86ClNO2. The molecule has 0 bridgehead atoms. The van der Waals surface area contributed by atoms with Gasteiger partial charge in [-0.15, -0.1) is 0 Å². The number of ether oxygens (including phenoxy) is 2. The Labute approximate surface area is 314 Å². The van der Waals surface area contributed by atoms with Crippen LogP contribution < -0.4 is 12.4 Å². The Kier molecular flexibility index (Phi) is 28.7. The first kappa shape index (κ1) is 46.7. The molecule has 1 aliphatic carbocycles. The van der Waals surface area contributed by atoms with Gasteiger partial charge in [0.15, 0.2) is 5.79 Å². The maximum atomic E-state index is 6.90. The Hall–Kier alpha value is -0.350. The quantitative estimate of drug-likeness (QED) is 0.0384. The minimum atomic E-state index is -0.295. The normalized spacial score (nSPS) is 22.4. The van der Waals surface area contributed by atoms with Crippen molar-refractivity contribution >= 4 is 0 Å². The zero-order chi connectivity index (χ0) is 34.6. The summed E-state index contributed by atoms with van der Waals surface area (Å²) < 4.78 is 14.8. The van der Waals surface area contributed by atoms with Gasteiger partial charge < -0.3 is 26.4 Å². The fourth-order valence-electron chi connectivity index (χ4n) is 8.08. The third-order valence-electron chi connectivity index (χ3n) is 11.4. The number of nitrogens with zero attached hydrogens (tertiary/aromatic N) is 1. The lowest BCUT2D eigenvalue weighted by Gasteiger charge is -2.34. The van der Waals surface area contributed by atoms with Gasteiger partial charge in [-0.2, -0.15) is 0 Å². The van der Waals surface area contributed by atoms with Gasteiger partial charge in [-0.25, -0.2) is 0 Å². The van der Waals surface area contributed by atoms with Crippen molar-refractivity contribution < 1.29 is 26.4 Å². The third kappa shape index (κ3) is 23.0. The summed E-state index contributed by atoms with van der Waals surface area (Å²) in [6, 6.07) is 0.662. The average molecular weight is 709 g/mol. The number of halogens is 1. The van der Waals surface area contributed by atoms with Crippen LogP contribution in [0.3, 0.4) is 0 Å². The molecule has 0 amide bonds. The highest BCUT2D eigenvalue weighted by molar-refractivity contribution is 4.95. The lowest BCUT2D eigenvalue weighted by molar-refractivity contribution is -0.895. The van der Waals surface area contributed by atoms with E-state index in [2.05, 4.69) is 59.3 Å². The monoisotopic (exact) mass is 708 g/mol. The number of rotatable bonds is 33. The van der Waals surface area contributed by atoms with Gasteiger partial charge >= 0.3 is 0 Å². The predicted molar refractivity (Wildman–Crippen MR) is 212 cm³/mol. The molecule has 2 rings (SSSR count). The van der Waals surface area contributed by atoms with Gasteiger partial charge in [0, 0.05) is 25.7 Å². The largest absolute Gasteiger partial charge is 1.00 e. The van der Waals surface area contributed by atoms with Crippen molar-refractivity contribution in [3.05, 3.63) is 24.3 Å². The molecule has 2 aliphatic rings. The maximum absolute atomic E-state index is 6.90. The lowest BCUT2D eigenvalue weighted by Crippen LogP contribution is -3.00. The first-order valence-electron chi connectivity index (χ1n) is 21.9. The van der Waals surface area contributed by atoms with E-state index in [9.17, 15) is 0 Å².